The average molecular weight is 352 g/mol. The highest BCUT2D eigenvalue weighted by Crippen LogP contribution is 2.06. The Morgan fingerprint density at radius 2 is 1.88 bits per heavy atom. The first kappa shape index (κ1) is 20.3. The highest BCUT2D eigenvalue weighted by atomic mass is 16.5. The van der Waals surface area contributed by atoms with Crippen molar-refractivity contribution in [2.45, 2.75) is 26.3 Å². The van der Waals surface area contributed by atoms with Crippen molar-refractivity contribution < 1.29 is 23.9 Å². The van der Waals surface area contributed by atoms with E-state index in [1.807, 2.05) is 13.8 Å². The zero-order valence-electron chi connectivity index (χ0n) is 14.9. The first-order valence-electron chi connectivity index (χ1n) is 7.84. The third-order valence-electron chi connectivity index (χ3n) is 3.15. The zero-order valence-corrected chi connectivity index (χ0v) is 14.9. The molecule has 0 bridgehead atoms. The van der Waals surface area contributed by atoms with Crippen LogP contribution < -0.4 is 10.2 Å². The van der Waals surface area contributed by atoms with Gasteiger partial charge in [0.25, 0.3) is 5.91 Å². The number of carbonyl (C=O) groups is 3. The van der Waals surface area contributed by atoms with Gasteiger partial charge in [0.05, 0.1) is 7.11 Å². The Balaban J connectivity index is 2.43. The van der Waals surface area contributed by atoms with Gasteiger partial charge in [0.1, 0.15) is 12.6 Å². The quantitative estimate of drug-likeness (QED) is 0.626. The van der Waals surface area contributed by atoms with E-state index in [2.05, 4.69) is 20.0 Å². The van der Waals surface area contributed by atoms with E-state index < -0.39 is 30.5 Å². The molecule has 9 nitrogen and oxygen atoms in total. The summed E-state index contributed by atoms with van der Waals surface area (Å²) in [5.74, 6) is -1.15. The monoisotopic (exact) mass is 352 g/mol. The lowest BCUT2D eigenvalue weighted by Gasteiger charge is -2.19. The van der Waals surface area contributed by atoms with Gasteiger partial charge in [0, 0.05) is 19.4 Å². The molecule has 1 rings (SSSR count). The Hall–Kier alpha value is -2.71. The molecule has 138 valence electrons. The van der Waals surface area contributed by atoms with Crippen LogP contribution in [-0.4, -0.2) is 61.2 Å². The van der Waals surface area contributed by atoms with Gasteiger partial charge in [-0.2, -0.15) is 0 Å². The van der Waals surface area contributed by atoms with Crippen molar-refractivity contribution in [2.75, 3.05) is 32.2 Å². The van der Waals surface area contributed by atoms with E-state index >= 15 is 0 Å². The number of carbonyl (C=O) groups excluding carboxylic acids is 3. The lowest BCUT2D eigenvalue weighted by Crippen LogP contribution is -2.44. The summed E-state index contributed by atoms with van der Waals surface area (Å²) in [6.07, 6.45) is 3.54. The van der Waals surface area contributed by atoms with Crippen molar-refractivity contribution in [3.8, 4) is 0 Å². The summed E-state index contributed by atoms with van der Waals surface area (Å²) in [6.45, 7) is 3.25. The molecule has 0 aliphatic heterocycles. The molecule has 0 radical (unpaired) electrons. The fourth-order valence-electron chi connectivity index (χ4n) is 2.01. The summed E-state index contributed by atoms with van der Waals surface area (Å²) in [5.41, 5.74) is 0. The maximum atomic E-state index is 11.9. The zero-order chi connectivity index (χ0) is 18.8. The lowest BCUT2D eigenvalue weighted by molar-refractivity contribution is -0.149. The van der Waals surface area contributed by atoms with Crippen LogP contribution >= 0.6 is 0 Å². The molecule has 0 saturated heterocycles. The largest absolute Gasteiger partial charge is 0.467 e. The van der Waals surface area contributed by atoms with Crippen LogP contribution in [0, 0.1) is 5.92 Å². The van der Waals surface area contributed by atoms with Gasteiger partial charge in [-0.1, -0.05) is 13.8 Å². The van der Waals surface area contributed by atoms with Crippen molar-refractivity contribution >= 4 is 23.8 Å². The van der Waals surface area contributed by atoms with Crippen LogP contribution in [-0.2, 0) is 23.9 Å². The molecule has 0 aliphatic carbocycles. The Morgan fingerprint density at radius 3 is 2.44 bits per heavy atom. The normalized spacial score (nSPS) is 11.6. The molecule has 0 aromatic carbocycles. The number of aromatic nitrogens is 2. The smallest absolute Gasteiger partial charge is 0.328 e. The van der Waals surface area contributed by atoms with Crippen molar-refractivity contribution in [2.24, 2.45) is 5.92 Å². The van der Waals surface area contributed by atoms with Crippen molar-refractivity contribution in [1.82, 2.24) is 15.3 Å². The minimum atomic E-state index is -0.767. The summed E-state index contributed by atoms with van der Waals surface area (Å²) >= 11 is 0. The topological polar surface area (TPSA) is 111 Å². The van der Waals surface area contributed by atoms with Crippen molar-refractivity contribution in [3.05, 3.63) is 18.5 Å². The Kier molecular flexibility index (Phi) is 8.31. The second kappa shape index (κ2) is 10.2. The first-order valence-corrected chi connectivity index (χ1v) is 7.84. The number of amides is 1. The molecular formula is C16H24N4O5. The van der Waals surface area contributed by atoms with E-state index in [4.69, 9.17) is 4.74 Å². The Morgan fingerprint density at radius 1 is 1.24 bits per heavy atom. The molecule has 0 saturated carbocycles. The van der Waals surface area contributed by atoms with E-state index in [1.165, 1.54) is 12.0 Å². The molecule has 9 heteroatoms. The molecule has 1 unspecified atom stereocenters. The van der Waals surface area contributed by atoms with Crippen LogP contribution in [0.3, 0.4) is 0 Å². The second-order valence-electron chi connectivity index (χ2n) is 5.84. The number of methoxy groups -OCH3 is 1. The maximum Gasteiger partial charge on any atom is 0.328 e. The number of hydrogen-bond donors (Lipinski definition) is 1. The second-order valence-corrected chi connectivity index (χ2v) is 5.84. The predicted molar refractivity (Wildman–Crippen MR) is 89.7 cm³/mol. The fourth-order valence-corrected chi connectivity index (χ4v) is 2.01. The number of nitrogens with zero attached hydrogens (tertiary/aromatic N) is 3. The Labute approximate surface area is 146 Å². The maximum absolute atomic E-state index is 11.9. The van der Waals surface area contributed by atoms with Crippen LogP contribution in [0.1, 0.15) is 20.3 Å². The molecule has 25 heavy (non-hydrogen) atoms. The van der Waals surface area contributed by atoms with Crippen molar-refractivity contribution in [1.29, 1.82) is 0 Å². The SMILES string of the molecule is COC(=O)C(CC(C)C)NC(=O)COC(=O)CN(C)c1ncccn1. The predicted octanol–water partition coefficient (Wildman–Crippen LogP) is 0.160. The molecule has 0 aliphatic rings. The lowest BCUT2D eigenvalue weighted by atomic mass is 10.0. The Bertz CT molecular complexity index is 579. The molecule has 1 N–H and O–H groups in total. The highest BCUT2D eigenvalue weighted by Gasteiger charge is 2.23. The summed E-state index contributed by atoms with van der Waals surface area (Å²) in [6, 6.07) is 0.895. The van der Waals surface area contributed by atoms with Crippen LogP contribution in [0.2, 0.25) is 0 Å². The number of likely N-dealkylation sites (N-methyl/N-ethyl adjacent to an activating group) is 1. The number of esters is 2. The number of hydrogen-bond acceptors (Lipinski definition) is 8. The van der Waals surface area contributed by atoms with Gasteiger partial charge in [-0.05, 0) is 18.4 Å². The number of rotatable bonds is 9. The van der Waals surface area contributed by atoms with Gasteiger partial charge in [-0.3, -0.25) is 9.59 Å². The molecule has 1 amide bonds. The van der Waals surface area contributed by atoms with E-state index in [-0.39, 0.29) is 12.5 Å². The van der Waals surface area contributed by atoms with Gasteiger partial charge in [0.2, 0.25) is 5.95 Å². The summed E-state index contributed by atoms with van der Waals surface area (Å²) in [4.78, 5) is 44.8. The average Bonchev–Trinajstić information content (AvgIpc) is 2.59. The molecule has 1 heterocycles. The van der Waals surface area contributed by atoms with E-state index in [9.17, 15) is 14.4 Å². The van der Waals surface area contributed by atoms with Crippen molar-refractivity contribution in [3.63, 3.8) is 0 Å². The third-order valence-corrected chi connectivity index (χ3v) is 3.15. The first-order chi connectivity index (χ1) is 11.8. The fraction of sp³-hybridized carbons (Fsp3) is 0.562. The van der Waals surface area contributed by atoms with Gasteiger partial charge in [-0.25, -0.2) is 14.8 Å². The number of nitrogens with one attached hydrogen (secondary N) is 1. The van der Waals surface area contributed by atoms with Gasteiger partial charge >= 0.3 is 11.9 Å². The molecule has 0 fully saturated rings. The molecule has 1 aromatic rings. The minimum absolute atomic E-state index is 0.107. The molecule has 1 aromatic heterocycles. The van der Waals surface area contributed by atoms with Crippen LogP contribution in [0.25, 0.3) is 0 Å². The van der Waals surface area contributed by atoms with Crippen LogP contribution in [0.5, 0.6) is 0 Å². The van der Waals surface area contributed by atoms with Gasteiger partial charge in [0.15, 0.2) is 6.61 Å². The van der Waals surface area contributed by atoms with Crippen LogP contribution in [0.4, 0.5) is 5.95 Å². The van der Waals surface area contributed by atoms with E-state index in [0.29, 0.717) is 12.4 Å². The third kappa shape index (κ3) is 7.60. The van der Waals surface area contributed by atoms with E-state index in [1.54, 1.807) is 25.5 Å². The standard InChI is InChI=1S/C16H24N4O5/c1-11(2)8-12(15(23)24-4)19-13(21)10-25-14(22)9-20(3)16-17-6-5-7-18-16/h5-7,11-12H,8-10H2,1-4H3,(H,19,21). The summed E-state index contributed by atoms with van der Waals surface area (Å²) in [5, 5.41) is 2.51. The summed E-state index contributed by atoms with van der Waals surface area (Å²) in [7, 11) is 2.88. The highest BCUT2D eigenvalue weighted by molar-refractivity contribution is 5.86. The van der Waals surface area contributed by atoms with Gasteiger partial charge < -0.3 is 19.7 Å². The summed E-state index contributed by atoms with van der Waals surface area (Å²) < 4.78 is 9.57. The number of ether oxygens (including phenoxy) is 2. The molecule has 1 atom stereocenters. The minimum Gasteiger partial charge on any atom is -0.467 e. The van der Waals surface area contributed by atoms with Gasteiger partial charge in [-0.15, -0.1) is 0 Å². The van der Waals surface area contributed by atoms with Crippen LogP contribution in [0.15, 0.2) is 18.5 Å². The van der Waals surface area contributed by atoms with E-state index in [0.717, 1.165) is 0 Å². The molecule has 0 spiro atoms. The molecular weight excluding hydrogens is 328 g/mol. The number of anilines is 1.